The molecule has 0 saturated carbocycles. The Morgan fingerprint density at radius 3 is 2.83 bits per heavy atom. The molecule has 4 rings (SSSR count). The van der Waals surface area contributed by atoms with E-state index >= 15 is 0 Å². The van der Waals surface area contributed by atoms with Crippen molar-refractivity contribution in [2.24, 2.45) is 5.10 Å². The molecular formula is C21H18ClN3O3S. The summed E-state index contributed by atoms with van der Waals surface area (Å²) in [6.07, 6.45) is 0.137. The van der Waals surface area contributed by atoms with Gasteiger partial charge in [0.25, 0.3) is 0 Å². The first-order valence-corrected chi connectivity index (χ1v) is 10.4. The Balaban J connectivity index is 1.74. The Morgan fingerprint density at radius 2 is 2.10 bits per heavy atom. The molecule has 3 heterocycles. The van der Waals surface area contributed by atoms with Crippen molar-refractivity contribution in [2.75, 3.05) is 0 Å². The summed E-state index contributed by atoms with van der Waals surface area (Å²) in [7, 11) is 0. The lowest BCUT2D eigenvalue weighted by molar-refractivity contribution is -0.141. The number of aryl methyl sites for hydroxylation is 1. The predicted molar refractivity (Wildman–Crippen MR) is 113 cm³/mol. The number of carbonyl (C=O) groups excluding carboxylic acids is 1. The highest BCUT2D eigenvalue weighted by molar-refractivity contribution is 7.12. The van der Waals surface area contributed by atoms with E-state index in [0.717, 1.165) is 27.1 Å². The van der Waals surface area contributed by atoms with Crippen LogP contribution in [-0.4, -0.2) is 32.7 Å². The van der Waals surface area contributed by atoms with Crippen molar-refractivity contribution >= 4 is 51.4 Å². The maximum atomic E-state index is 12.8. The van der Waals surface area contributed by atoms with Crippen LogP contribution in [0.3, 0.4) is 0 Å². The van der Waals surface area contributed by atoms with Gasteiger partial charge in [0, 0.05) is 23.8 Å². The molecule has 0 unspecified atom stereocenters. The smallest absolute Gasteiger partial charge is 0.303 e. The van der Waals surface area contributed by atoms with Crippen LogP contribution in [-0.2, 0) is 9.59 Å². The van der Waals surface area contributed by atoms with E-state index in [4.69, 9.17) is 16.7 Å². The van der Waals surface area contributed by atoms with Crippen LogP contribution in [0.25, 0.3) is 10.9 Å². The van der Waals surface area contributed by atoms with Gasteiger partial charge in [0.15, 0.2) is 0 Å². The molecule has 0 aliphatic carbocycles. The highest BCUT2D eigenvalue weighted by Crippen LogP contribution is 2.38. The summed E-state index contributed by atoms with van der Waals surface area (Å²) >= 11 is 8.05. The average Bonchev–Trinajstić information content (AvgIpc) is 3.35. The number of pyridine rings is 1. The highest BCUT2D eigenvalue weighted by atomic mass is 35.5. The highest BCUT2D eigenvalue weighted by Gasteiger charge is 2.35. The Hall–Kier alpha value is -2.77. The van der Waals surface area contributed by atoms with Crippen LogP contribution < -0.4 is 0 Å². The number of hydrazone groups is 1. The molecule has 29 heavy (non-hydrogen) atoms. The number of rotatable bonds is 5. The van der Waals surface area contributed by atoms with Crippen LogP contribution in [0.4, 0.5) is 0 Å². The van der Waals surface area contributed by atoms with Crippen molar-refractivity contribution in [1.82, 2.24) is 9.99 Å². The van der Waals surface area contributed by atoms with E-state index < -0.39 is 12.0 Å². The molecule has 0 spiro atoms. The fourth-order valence-electron chi connectivity index (χ4n) is 3.42. The Bertz CT molecular complexity index is 1130. The van der Waals surface area contributed by atoms with E-state index in [0.29, 0.717) is 17.1 Å². The quantitative estimate of drug-likeness (QED) is 0.593. The number of carbonyl (C=O) groups is 2. The number of halogens is 1. The first-order chi connectivity index (χ1) is 13.9. The fourth-order valence-corrected chi connectivity index (χ4v) is 4.42. The number of benzene rings is 1. The van der Waals surface area contributed by atoms with E-state index in [1.807, 2.05) is 48.7 Å². The van der Waals surface area contributed by atoms with E-state index in [-0.39, 0.29) is 18.7 Å². The number of carboxylic acids is 1. The number of amides is 1. The first-order valence-electron chi connectivity index (χ1n) is 9.14. The zero-order valence-electron chi connectivity index (χ0n) is 15.6. The van der Waals surface area contributed by atoms with Crippen molar-refractivity contribution in [1.29, 1.82) is 0 Å². The standard InChI is InChI=1S/C21H18ClN3O3S/c1-12-4-5-15-13(9-12)10-14(21(22)23-15)17-11-16(18-3-2-8-29-18)24-25(17)19(26)6-7-20(27)28/h2-5,8-10,17H,6-7,11H2,1H3,(H,27,28)/t17-/m1/s1. The Morgan fingerprint density at radius 1 is 1.28 bits per heavy atom. The average molecular weight is 428 g/mol. The summed E-state index contributed by atoms with van der Waals surface area (Å²) in [5, 5.41) is 18.1. The Labute approximate surface area is 176 Å². The van der Waals surface area contributed by atoms with Crippen LogP contribution in [0.15, 0.2) is 46.9 Å². The molecule has 0 radical (unpaired) electrons. The lowest BCUT2D eigenvalue weighted by Crippen LogP contribution is -2.27. The van der Waals surface area contributed by atoms with Gasteiger partial charge in [-0.3, -0.25) is 9.59 Å². The number of fused-ring (bicyclic) bond motifs is 1. The topological polar surface area (TPSA) is 82.9 Å². The second kappa shape index (κ2) is 7.93. The summed E-state index contributed by atoms with van der Waals surface area (Å²) in [5.74, 6) is -1.36. The van der Waals surface area contributed by atoms with Crippen molar-refractivity contribution in [2.45, 2.75) is 32.2 Å². The van der Waals surface area contributed by atoms with Gasteiger partial charge in [-0.1, -0.05) is 29.3 Å². The zero-order valence-corrected chi connectivity index (χ0v) is 17.2. The van der Waals surface area contributed by atoms with Gasteiger partial charge in [0.2, 0.25) is 5.91 Å². The van der Waals surface area contributed by atoms with Gasteiger partial charge in [-0.15, -0.1) is 11.3 Å². The summed E-state index contributed by atoms with van der Waals surface area (Å²) in [6.45, 7) is 2.00. The minimum Gasteiger partial charge on any atom is -0.481 e. The zero-order chi connectivity index (χ0) is 20.5. The lowest BCUT2D eigenvalue weighted by Gasteiger charge is -2.23. The number of aliphatic carboxylic acids is 1. The number of carboxylic acid groups (broad SMARTS) is 1. The normalized spacial score (nSPS) is 16.3. The van der Waals surface area contributed by atoms with Gasteiger partial charge in [-0.25, -0.2) is 9.99 Å². The van der Waals surface area contributed by atoms with Gasteiger partial charge < -0.3 is 5.11 Å². The monoisotopic (exact) mass is 427 g/mol. The van der Waals surface area contributed by atoms with Crippen LogP contribution >= 0.6 is 22.9 Å². The molecular weight excluding hydrogens is 410 g/mol. The number of thiophene rings is 1. The predicted octanol–water partition coefficient (Wildman–Crippen LogP) is 4.80. The van der Waals surface area contributed by atoms with Crippen molar-refractivity contribution in [3.8, 4) is 0 Å². The largest absolute Gasteiger partial charge is 0.481 e. The third kappa shape index (κ3) is 4.02. The minimum atomic E-state index is -1.02. The van der Waals surface area contributed by atoms with Crippen LogP contribution in [0, 0.1) is 6.92 Å². The maximum Gasteiger partial charge on any atom is 0.303 e. The second-order valence-electron chi connectivity index (χ2n) is 6.94. The SMILES string of the molecule is Cc1ccc2nc(Cl)c([C@H]3CC(c4cccs4)=NN3C(=O)CCC(=O)O)cc2c1. The molecule has 1 atom stereocenters. The molecule has 1 amide bonds. The van der Waals surface area contributed by atoms with Crippen LogP contribution in [0.1, 0.15) is 41.3 Å². The Kier molecular flexibility index (Phi) is 5.34. The summed E-state index contributed by atoms with van der Waals surface area (Å²) < 4.78 is 0. The number of hydrogen-bond donors (Lipinski definition) is 1. The number of hydrogen-bond acceptors (Lipinski definition) is 5. The van der Waals surface area contributed by atoms with E-state index in [2.05, 4.69) is 10.1 Å². The van der Waals surface area contributed by atoms with Crippen molar-refractivity contribution in [3.05, 3.63) is 62.9 Å². The molecule has 0 fully saturated rings. The van der Waals surface area contributed by atoms with Crippen LogP contribution in [0.2, 0.25) is 5.15 Å². The summed E-state index contributed by atoms with van der Waals surface area (Å²) in [5.41, 5.74) is 3.38. The van der Waals surface area contributed by atoms with Gasteiger partial charge in [0.1, 0.15) is 5.15 Å². The van der Waals surface area contributed by atoms with Gasteiger partial charge >= 0.3 is 5.97 Å². The van der Waals surface area contributed by atoms with Crippen LogP contribution in [0.5, 0.6) is 0 Å². The van der Waals surface area contributed by atoms with E-state index in [1.54, 1.807) is 11.3 Å². The van der Waals surface area contributed by atoms with Crippen molar-refractivity contribution in [3.63, 3.8) is 0 Å². The molecule has 1 aromatic carbocycles. The van der Waals surface area contributed by atoms with Gasteiger partial charge in [-0.2, -0.15) is 5.10 Å². The second-order valence-corrected chi connectivity index (χ2v) is 8.25. The minimum absolute atomic E-state index is 0.120. The fraction of sp³-hybridized carbons (Fsp3) is 0.238. The molecule has 148 valence electrons. The molecule has 8 heteroatoms. The summed E-state index contributed by atoms with van der Waals surface area (Å²) in [4.78, 5) is 29.2. The van der Waals surface area contributed by atoms with Crippen molar-refractivity contribution < 1.29 is 14.7 Å². The molecule has 1 N–H and O–H groups in total. The van der Waals surface area contributed by atoms with E-state index in [1.165, 1.54) is 5.01 Å². The number of nitrogens with zero attached hydrogens (tertiary/aromatic N) is 3. The maximum absolute atomic E-state index is 12.8. The molecule has 0 saturated heterocycles. The van der Waals surface area contributed by atoms with Gasteiger partial charge in [-0.05, 0) is 36.6 Å². The first kappa shape index (κ1) is 19.5. The molecule has 6 nitrogen and oxygen atoms in total. The number of aromatic nitrogens is 1. The molecule has 0 bridgehead atoms. The molecule has 2 aromatic heterocycles. The third-order valence-corrected chi connectivity index (χ3v) is 6.06. The lowest BCUT2D eigenvalue weighted by atomic mass is 10.00. The molecule has 1 aliphatic heterocycles. The molecule has 1 aliphatic rings. The van der Waals surface area contributed by atoms with E-state index in [9.17, 15) is 9.59 Å². The summed E-state index contributed by atoms with van der Waals surface area (Å²) in [6, 6.07) is 11.3. The molecule has 3 aromatic rings. The third-order valence-electron chi connectivity index (χ3n) is 4.83. The van der Waals surface area contributed by atoms with Gasteiger partial charge in [0.05, 0.1) is 28.6 Å².